The monoisotopic (exact) mass is 491 g/mol. The number of hydrogen-bond donors (Lipinski definition) is 0. The molecule has 5 nitrogen and oxygen atoms in total. The van der Waals surface area contributed by atoms with Gasteiger partial charge in [-0.15, -0.1) is 0 Å². The van der Waals surface area contributed by atoms with E-state index < -0.39 is 0 Å². The van der Waals surface area contributed by atoms with E-state index in [4.69, 9.17) is 9.15 Å². The molecular formula is C31H41NO4. The molecule has 3 aromatic rings. The van der Waals surface area contributed by atoms with Crippen LogP contribution < -0.4 is 0 Å². The molecule has 0 amide bonds. The first-order chi connectivity index (χ1) is 17.3. The van der Waals surface area contributed by atoms with Gasteiger partial charge in [-0.3, -0.25) is 4.79 Å². The lowest BCUT2D eigenvalue weighted by Gasteiger charge is -2.17. The molecule has 194 valence electrons. The Balaban J connectivity index is 1.92. The van der Waals surface area contributed by atoms with Crippen LogP contribution in [0.4, 0.5) is 0 Å². The van der Waals surface area contributed by atoms with E-state index in [0.717, 1.165) is 50.9 Å². The lowest BCUT2D eigenvalue weighted by molar-refractivity contribution is 0.0377. The van der Waals surface area contributed by atoms with Crippen LogP contribution in [-0.4, -0.2) is 42.4 Å². The van der Waals surface area contributed by atoms with Gasteiger partial charge in [0.2, 0.25) is 0 Å². The van der Waals surface area contributed by atoms with Gasteiger partial charge in [0.05, 0.1) is 17.2 Å². The van der Waals surface area contributed by atoms with Crippen LogP contribution in [0.2, 0.25) is 0 Å². The van der Waals surface area contributed by atoms with Gasteiger partial charge >= 0.3 is 5.97 Å². The molecule has 0 aliphatic heterocycles. The van der Waals surface area contributed by atoms with E-state index in [-0.39, 0.29) is 17.9 Å². The topological polar surface area (TPSA) is 59.8 Å². The Morgan fingerprint density at radius 2 is 1.67 bits per heavy atom. The van der Waals surface area contributed by atoms with Gasteiger partial charge in [-0.1, -0.05) is 51.5 Å². The minimum Gasteiger partial charge on any atom is -0.460 e. The fourth-order valence-electron chi connectivity index (χ4n) is 4.57. The second-order valence-electron chi connectivity index (χ2n) is 9.78. The van der Waals surface area contributed by atoms with Crippen LogP contribution >= 0.6 is 0 Å². The van der Waals surface area contributed by atoms with E-state index in [0.29, 0.717) is 39.8 Å². The number of fused-ring (bicyclic) bond motifs is 1. The van der Waals surface area contributed by atoms with E-state index in [2.05, 4.69) is 37.8 Å². The molecule has 0 saturated carbocycles. The highest BCUT2D eigenvalue weighted by atomic mass is 16.5. The number of ether oxygens (including phenoxy) is 1. The Hall–Kier alpha value is -2.92. The Labute approximate surface area is 215 Å². The van der Waals surface area contributed by atoms with E-state index >= 15 is 0 Å². The molecule has 0 atom stereocenters. The van der Waals surface area contributed by atoms with Crippen LogP contribution in [-0.2, 0) is 17.6 Å². The molecule has 36 heavy (non-hydrogen) atoms. The van der Waals surface area contributed by atoms with Crippen LogP contribution in [0.1, 0.15) is 97.0 Å². The molecule has 2 aromatic carbocycles. The van der Waals surface area contributed by atoms with Gasteiger partial charge in [0, 0.05) is 17.4 Å². The van der Waals surface area contributed by atoms with Gasteiger partial charge in [-0.25, -0.2) is 4.79 Å². The summed E-state index contributed by atoms with van der Waals surface area (Å²) >= 11 is 0. The summed E-state index contributed by atoms with van der Waals surface area (Å²) in [6, 6.07) is 11.6. The molecule has 0 N–H and O–H groups in total. The number of carbonyl (C=O) groups is 2. The Kier molecular flexibility index (Phi) is 9.89. The summed E-state index contributed by atoms with van der Waals surface area (Å²) in [5.74, 6) is 0.240. The summed E-state index contributed by atoms with van der Waals surface area (Å²) in [6.07, 6.45) is 4.47. The summed E-state index contributed by atoms with van der Waals surface area (Å²) in [5, 5.41) is 0.677. The van der Waals surface area contributed by atoms with Crippen molar-refractivity contribution in [2.24, 2.45) is 0 Å². The van der Waals surface area contributed by atoms with Crippen molar-refractivity contribution in [3.05, 3.63) is 70.0 Å². The summed E-state index contributed by atoms with van der Waals surface area (Å²) in [4.78, 5) is 28.9. The number of unbranched alkanes of at least 4 members (excludes halogenated alkanes) is 1. The van der Waals surface area contributed by atoms with Gasteiger partial charge in [-0.2, -0.15) is 0 Å². The van der Waals surface area contributed by atoms with Gasteiger partial charge < -0.3 is 14.1 Å². The van der Waals surface area contributed by atoms with Crippen LogP contribution in [0, 0.1) is 6.92 Å². The first kappa shape index (κ1) is 27.7. The number of ketones is 1. The predicted molar refractivity (Wildman–Crippen MR) is 146 cm³/mol. The average molecular weight is 492 g/mol. The van der Waals surface area contributed by atoms with E-state index in [1.807, 2.05) is 39.0 Å². The second kappa shape index (κ2) is 12.9. The summed E-state index contributed by atoms with van der Waals surface area (Å²) < 4.78 is 11.6. The number of rotatable bonds is 13. The van der Waals surface area contributed by atoms with E-state index in [1.54, 1.807) is 6.07 Å². The number of carbonyl (C=O) groups excluding carboxylic acids is 2. The third kappa shape index (κ3) is 6.64. The van der Waals surface area contributed by atoms with Crippen molar-refractivity contribution >= 4 is 22.7 Å². The van der Waals surface area contributed by atoms with Gasteiger partial charge in [0.25, 0.3) is 0 Å². The highest BCUT2D eigenvalue weighted by Crippen LogP contribution is 2.32. The Morgan fingerprint density at radius 1 is 0.972 bits per heavy atom. The molecule has 0 saturated heterocycles. The van der Waals surface area contributed by atoms with Crippen molar-refractivity contribution < 1.29 is 18.7 Å². The van der Waals surface area contributed by atoms with Crippen LogP contribution in [0.15, 0.2) is 40.8 Å². The molecule has 0 bridgehead atoms. The molecule has 1 heterocycles. The van der Waals surface area contributed by atoms with Crippen molar-refractivity contribution in [2.45, 2.75) is 79.8 Å². The third-order valence-corrected chi connectivity index (χ3v) is 6.71. The molecule has 1 aromatic heterocycles. The molecule has 0 fully saturated rings. The zero-order chi connectivity index (χ0) is 26.2. The van der Waals surface area contributed by atoms with Crippen LogP contribution in [0.25, 0.3) is 11.0 Å². The van der Waals surface area contributed by atoms with Crippen molar-refractivity contribution in [1.82, 2.24) is 4.90 Å². The first-order valence-corrected chi connectivity index (χ1v) is 13.4. The molecular weight excluding hydrogens is 450 g/mol. The quantitative estimate of drug-likeness (QED) is 0.188. The predicted octanol–water partition coefficient (Wildman–Crippen LogP) is 7.15. The fourth-order valence-corrected chi connectivity index (χ4v) is 4.57. The van der Waals surface area contributed by atoms with Gasteiger partial charge in [-0.05, 0) is 82.9 Å². The number of hydrogen-bond acceptors (Lipinski definition) is 5. The Bertz CT molecular complexity index is 1170. The van der Waals surface area contributed by atoms with Crippen LogP contribution in [0.5, 0.6) is 0 Å². The second-order valence-corrected chi connectivity index (χ2v) is 9.78. The highest BCUT2D eigenvalue weighted by Gasteiger charge is 2.24. The molecule has 0 radical (unpaired) electrons. The number of furan rings is 1. The molecule has 3 rings (SSSR count). The SMILES string of the molecule is CCCCc1oc2cc(C)c(C(=O)OC(C)C)cc2c1C(=O)c1ccc(CCCN(CC)CC)cc1. The largest absolute Gasteiger partial charge is 0.460 e. The minimum absolute atomic E-state index is 0.0680. The summed E-state index contributed by atoms with van der Waals surface area (Å²) in [7, 11) is 0. The average Bonchev–Trinajstić information content (AvgIpc) is 3.21. The third-order valence-electron chi connectivity index (χ3n) is 6.71. The summed E-state index contributed by atoms with van der Waals surface area (Å²) in [6.45, 7) is 15.2. The number of aryl methyl sites for hydroxylation is 3. The van der Waals surface area contributed by atoms with Crippen molar-refractivity contribution in [1.29, 1.82) is 0 Å². The minimum atomic E-state index is -0.381. The molecule has 0 aliphatic rings. The van der Waals surface area contributed by atoms with Gasteiger partial charge in [0.15, 0.2) is 5.78 Å². The van der Waals surface area contributed by atoms with E-state index in [1.165, 1.54) is 5.56 Å². The molecule has 0 aliphatic carbocycles. The zero-order valence-electron chi connectivity index (χ0n) is 22.8. The summed E-state index contributed by atoms with van der Waals surface area (Å²) in [5.41, 5.74) is 4.31. The lowest BCUT2D eigenvalue weighted by Crippen LogP contribution is -2.24. The maximum atomic E-state index is 13.8. The Morgan fingerprint density at radius 3 is 2.28 bits per heavy atom. The van der Waals surface area contributed by atoms with Gasteiger partial charge in [0.1, 0.15) is 11.3 Å². The maximum Gasteiger partial charge on any atom is 0.338 e. The lowest BCUT2D eigenvalue weighted by atomic mass is 9.95. The number of nitrogens with zero attached hydrogens (tertiary/aromatic N) is 1. The zero-order valence-corrected chi connectivity index (χ0v) is 22.8. The number of esters is 1. The fraction of sp³-hybridized carbons (Fsp3) is 0.484. The van der Waals surface area contributed by atoms with Crippen LogP contribution in [0.3, 0.4) is 0 Å². The molecule has 0 spiro atoms. The molecule has 0 unspecified atom stereocenters. The molecule has 5 heteroatoms. The number of benzene rings is 2. The van der Waals surface area contributed by atoms with Crippen molar-refractivity contribution in [2.75, 3.05) is 19.6 Å². The van der Waals surface area contributed by atoms with E-state index in [9.17, 15) is 9.59 Å². The maximum absolute atomic E-state index is 13.8. The standard InChI is InChI=1S/C31H41NO4/c1-7-10-13-27-29(26-20-25(31(34)35-21(4)5)22(6)19-28(26)36-27)30(33)24-16-14-23(15-17-24)12-11-18-32(8-2)9-3/h14-17,19-21H,7-13,18H2,1-6H3. The first-order valence-electron chi connectivity index (χ1n) is 13.4. The smallest absolute Gasteiger partial charge is 0.338 e. The van der Waals surface area contributed by atoms with Crippen molar-refractivity contribution in [3.63, 3.8) is 0 Å². The highest BCUT2D eigenvalue weighted by molar-refractivity contribution is 6.17. The normalized spacial score (nSPS) is 11.6. The van der Waals surface area contributed by atoms with Crippen molar-refractivity contribution in [3.8, 4) is 0 Å².